The van der Waals surface area contributed by atoms with Gasteiger partial charge >= 0.3 is 0 Å². The highest BCUT2D eigenvalue weighted by Crippen LogP contribution is 2.27. The Balaban J connectivity index is 2.35. The minimum atomic E-state index is -3.47. The average molecular weight is 344 g/mol. The van der Waals surface area contributed by atoms with E-state index in [1.165, 1.54) is 18.2 Å². The molecule has 2 aromatic carbocycles. The summed E-state index contributed by atoms with van der Waals surface area (Å²) >= 11 is 11.7. The van der Waals surface area contributed by atoms with E-state index in [9.17, 15) is 8.42 Å². The molecule has 0 radical (unpaired) electrons. The zero-order valence-electron chi connectivity index (χ0n) is 11.4. The number of aryl methyl sites for hydroxylation is 1. The largest absolute Gasteiger partial charge is 0.326 e. The Hall–Kier alpha value is -1.07. The summed E-state index contributed by atoms with van der Waals surface area (Å²) in [5, 5.41) is 0.562. The average Bonchev–Trinajstić information content (AvgIpc) is 2.43. The highest BCUT2D eigenvalue weighted by molar-refractivity contribution is 7.90. The smallest absolute Gasteiger partial charge is 0.182 e. The minimum Gasteiger partial charge on any atom is -0.326 e. The number of sulfone groups is 1. The second-order valence-electron chi connectivity index (χ2n) is 4.80. The van der Waals surface area contributed by atoms with Crippen LogP contribution in [0.5, 0.6) is 0 Å². The summed E-state index contributed by atoms with van der Waals surface area (Å²) in [6.45, 7) is 2.31. The Morgan fingerprint density at radius 1 is 1.05 bits per heavy atom. The van der Waals surface area contributed by atoms with Crippen LogP contribution in [0, 0.1) is 6.92 Å². The van der Waals surface area contributed by atoms with Gasteiger partial charge in [-0.25, -0.2) is 8.42 Å². The predicted molar refractivity (Wildman–Crippen MR) is 86.4 cm³/mol. The van der Waals surface area contributed by atoms with Crippen molar-refractivity contribution in [3.05, 3.63) is 63.1 Å². The lowest BCUT2D eigenvalue weighted by Gasteiger charge is -2.09. The molecule has 0 amide bonds. The van der Waals surface area contributed by atoms with Gasteiger partial charge < -0.3 is 5.73 Å². The summed E-state index contributed by atoms with van der Waals surface area (Å²) in [7, 11) is -3.47. The first-order chi connectivity index (χ1) is 9.83. The molecule has 0 aliphatic carbocycles. The third-order valence-electron chi connectivity index (χ3n) is 3.24. The molecule has 0 fully saturated rings. The van der Waals surface area contributed by atoms with Crippen LogP contribution in [0.2, 0.25) is 10.0 Å². The molecule has 0 aliphatic heterocycles. The molecule has 2 N–H and O–H groups in total. The van der Waals surface area contributed by atoms with Crippen molar-refractivity contribution in [2.75, 3.05) is 0 Å². The molecule has 0 spiro atoms. The van der Waals surface area contributed by atoms with Crippen molar-refractivity contribution in [1.82, 2.24) is 0 Å². The van der Waals surface area contributed by atoms with E-state index in [1.807, 2.05) is 19.1 Å². The second kappa shape index (κ2) is 6.36. The summed E-state index contributed by atoms with van der Waals surface area (Å²) < 4.78 is 24.9. The predicted octanol–water partition coefficient (Wildman–Crippen LogP) is 3.73. The molecule has 0 saturated carbocycles. The highest BCUT2D eigenvalue weighted by atomic mass is 35.5. The Kier molecular flexibility index (Phi) is 4.94. The van der Waals surface area contributed by atoms with Gasteiger partial charge in [-0.2, -0.15) is 0 Å². The van der Waals surface area contributed by atoms with Crippen LogP contribution in [-0.4, -0.2) is 8.42 Å². The van der Waals surface area contributed by atoms with Gasteiger partial charge in [0.25, 0.3) is 0 Å². The van der Waals surface area contributed by atoms with Crippen LogP contribution in [0.3, 0.4) is 0 Å². The number of hydrogen-bond acceptors (Lipinski definition) is 3. The van der Waals surface area contributed by atoms with Gasteiger partial charge in [-0.3, -0.25) is 0 Å². The van der Waals surface area contributed by atoms with Gasteiger partial charge in [0.1, 0.15) is 0 Å². The van der Waals surface area contributed by atoms with Crippen LogP contribution in [-0.2, 0) is 22.1 Å². The fourth-order valence-electron chi connectivity index (χ4n) is 2.01. The summed E-state index contributed by atoms with van der Waals surface area (Å²) in [6.07, 6.45) is 0. The maximum absolute atomic E-state index is 12.4. The fraction of sp³-hybridized carbons (Fsp3) is 0.200. The lowest BCUT2D eigenvalue weighted by atomic mass is 10.1. The van der Waals surface area contributed by atoms with E-state index in [1.54, 1.807) is 6.07 Å². The zero-order chi connectivity index (χ0) is 15.6. The maximum atomic E-state index is 12.4. The lowest BCUT2D eigenvalue weighted by Crippen LogP contribution is -2.07. The van der Waals surface area contributed by atoms with Crippen LogP contribution in [0.25, 0.3) is 0 Å². The van der Waals surface area contributed by atoms with E-state index < -0.39 is 9.84 Å². The highest BCUT2D eigenvalue weighted by Gasteiger charge is 2.17. The molecule has 3 nitrogen and oxygen atoms in total. The first-order valence-corrected chi connectivity index (χ1v) is 8.70. The first kappa shape index (κ1) is 16.3. The molecule has 2 rings (SSSR count). The molecule has 112 valence electrons. The van der Waals surface area contributed by atoms with E-state index in [-0.39, 0.29) is 15.7 Å². The van der Waals surface area contributed by atoms with Gasteiger partial charge in [-0.15, -0.1) is 0 Å². The van der Waals surface area contributed by atoms with E-state index in [0.717, 1.165) is 16.7 Å². The Bertz CT molecular complexity index is 773. The Labute approximate surface area is 134 Å². The number of halogens is 2. The molecular weight excluding hydrogens is 329 g/mol. The molecule has 0 bridgehead atoms. The van der Waals surface area contributed by atoms with Crippen molar-refractivity contribution >= 4 is 33.0 Å². The summed E-state index contributed by atoms with van der Waals surface area (Å²) in [5.41, 5.74) is 8.20. The van der Waals surface area contributed by atoms with E-state index in [2.05, 4.69) is 0 Å². The van der Waals surface area contributed by atoms with Crippen molar-refractivity contribution < 1.29 is 8.42 Å². The summed E-state index contributed by atoms with van der Waals surface area (Å²) in [5.74, 6) is -0.0817. The topological polar surface area (TPSA) is 60.2 Å². The molecule has 21 heavy (non-hydrogen) atoms. The lowest BCUT2D eigenvalue weighted by molar-refractivity contribution is 0.595. The molecule has 0 unspecified atom stereocenters. The normalized spacial score (nSPS) is 11.6. The summed E-state index contributed by atoms with van der Waals surface area (Å²) in [6, 6.07) is 9.87. The van der Waals surface area contributed by atoms with Gasteiger partial charge in [0.05, 0.1) is 20.7 Å². The van der Waals surface area contributed by atoms with E-state index in [0.29, 0.717) is 11.6 Å². The van der Waals surface area contributed by atoms with Gasteiger partial charge in [0.15, 0.2) is 9.84 Å². The number of benzene rings is 2. The molecule has 0 aliphatic rings. The number of nitrogens with two attached hydrogens (primary N) is 1. The fourth-order valence-corrected chi connectivity index (χ4v) is 3.84. The van der Waals surface area contributed by atoms with Crippen LogP contribution >= 0.6 is 23.2 Å². The van der Waals surface area contributed by atoms with E-state index in [4.69, 9.17) is 28.9 Å². The second-order valence-corrected chi connectivity index (χ2v) is 7.60. The Morgan fingerprint density at radius 2 is 1.76 bits per heavy atom. The van der Waals surface area contributed by atoms with E-state index >= 15 is 0 Å². The number of rotatable bonds is 4. The van der Waals surface area contributed by atoms with Crippen LogP contribution in [0.15, 0.2) is 41.3 Å². The van der Waals surface area contributed by atoms with Crippen molar-refractivity contribution in [3.8, 4) is 0 Å². The minimum absolute atomic E-state index is 0.0817. The Morgan fingerprint density at radius 3 is 2.33 bits per heavy atom. The molecule has 0 heterocycles. The molecular formula is C15H15Cl2NO2S. The van der Waals surface area contributed by atoms with Crippen LogP contribution < -0.4 is 5.73 Å². The number of hydrogen-bond donors (Lipinski definition) is 1. The van der Waals surface area contributed by atoms with Crippen LogP contribution in [0.4, 0.5) is 0 Å². The molecule has 0 aromatic heterocycles. The van der Waals surface area contributed by atoms with Crippen molar-refractivity contribution in [2.24, 2.45) is 5.73 Å². The molecule has 0 saturated heterocycles. The van der Waals surface area contributed by atoms with Crippen LogP contribution in [0.1, 0.15) is 16.7 Å². The van der Waals surface area contributed by atoms with Crippen molar-refractivity contribution in [3.63, 3.8) is 0 Å². The third-order valence-corrected chi connectivity index (χ3v) is 5.64. The van der Waals surface area contributed by atoms with Gasteiger partial charge in [0, 0.05) is 6.54 Å². The van der Waals surface area contributed by atoms with Gasteiger partial charge in [0.2, 0.25) is 0 Å². The molecule has 0 atom stereocenters. The quantitative estimate of drug-likeness (QED) is 0.919. The van der Waals surface area contributed by atoms with Gasteiger partial charge in [-0.1, -0.05) is 41.4 Å². The van der Waals surface area contributed by atoms with Gasteiger partial charge in [-0.05, 0) is 41.8 Å². The van der Waals surface area contributed by atoms with Crippen molar-refractivity contribution in [1.29, 1.82) is 0 Å². The maximum Gasteiger partial charge on any atom is 0.182 e. The molecule has 2 aromatic rings. The molecule has 6 heteroatoms. The standard InChI is InChI=1S/C15H15Cl2NO2S/c1-10-6-11(8-18)2-3-12(10)9-21(19,20)13-4-5-14(16)15(17)7-13/h2-7H,8-9,18H2,1H3. The SMILES string of the molecule is Cc1cc(CN)ccc1CS(=O)(=O)c1ccc(Cl)c(Cl)c1. The zero-order valence-corrected chi connectivity index (χ0v) is 13.8. The first-order valence-electron chi connectivity index (χ1n) is 6.30. The van der Waals surface area contributed by atoms with Crippen molar-refractivity contribution in [2.45, 2.75) is 24.1 Å². The monoisotopic (exact) mass is 343 g/mol. The third kappa shape index (κ3) is 3.77. The summed E-state index contributed by atoms with van der Waals surface area (Å²) in [4.78, 5) is 0.166.